The number of hydrogen-bond acceptors (Lipinski definition) is 3. The van der Waals surface area contributed by atoms with Crippen LogP contribution in [0.5, 0.6) is 0 Å². The van der Waals surface area contributed by atoms with Crippen LogP contribution in [0, 0.1) is 0 Å². The van der Waals surface area contributed by atoms with Crippen molar-refractivity contribution in [2.45, 2.75) is 18.9 Å². The fourth-order valence-corrected chi connectivity index (χ4v) is 1.47. The van der Waals surface area contributed by atoms with E-state index in [4.69, 9.17) is 5.73 Å². The summed E-state index contributed by atoms with van der Waals surface area (Å²) in [6.45, 7) is 2.95. The highest BCUT2D eigenvalue weighted by Crippen LogP contribution is 2.16. The zero-order chi connectivity index (χ0) is 8.60. The van der Waals surface area contributed by atoms with Gasteiger partial charge in [0.05, 0.1) is 16.9 Å². The van der Waals surface area contributed by atoms with Gasteiger partial charge in [-0.3, -0.25) is 4.99 Å². The minimum absolute atomic E-state index is 0.363. The van der Waals surface area contributed by atoms with Crippen LogP contribution in [0.3, 0.4) is 0 Å². The average Bonchev–Trinajstić information content (AvgIpc) is 2.31. The molecule has 0 aromatic heterocycles. The van der Waals surface area contributed by atoms with Crippen LogP contribution >= 0.6 is 0 Å². The Morgan fingerprint density at radius 3 is 3.33 bits per heavy atom. The number of allylic oxidation sites excluding steroid dienone is 1. The molecule has 1 fully saturated rings. The third kappa shape index (κ3) is 1.28. The summed E-state index contributed by atoms with van der Waals surface area (Å²) in [5.74, 6) is 0. The Balaban J connectivity index is 2.40. The lowest BCUT2D eigenvalue weighted by Gasteiger charge is -2.14. The molecule has 0 aromatic carbocycles. The highest BCUT2D eigenvalue weighted by molar-refractivity contribution is 6.02. The summed E-state index contributed by atoms with van der Waals surface area (Å²) < 4.78 is 0. The van der Waals surface area contributed by atoms with Gasteiger partial charge < -0.3 is 11.1 Å². The molecule has 0 aliphatic carbocycles. The van der Waals surface area contributed by atoms with Crippen molar-refractivity contribution in [2.24, 2.45) is 10.7 Å². The third-order valence-corrected chi connectivity index (χ3v) is 2.11. The summed E-state index contributed by atoms with van der Waals surface area (Å²) >= 11 is 0. The van der Waals surface area contributed by atoms with E-state index >= 15 is 0 Å². The van der Waals surface area contributed by atoms with E-state index in [-0.39, 0.29) is 5.54 Å². The van der Waals surface area contributed by atoms with Crippen LogP contribution < -0.4 is 11.1 Å². The van der Waals surface area contributed by atoms with Gasteiger partial charge in [-0.25, -0.2) is 0 Å². The highest BCUT2D eigenvalue weighted by atomic mass is 15.0. The second kappa shape index (κ2) is 2.45. The predicted octanol–water partition coefficient (Wildman–Crippen LogP) is 0.549. The van der Waals surface area contributed by atoms with Gasteiger partial charge in [0.1, 0.15) is 0 Å². The fraction of sp³-hybridized carbons (Fsp3) is 0.444. The second-order valence-corrected chi connectivity index (χ2v) is 3.49. The summed E-state index contributed by atoms with van der Waals surface area (Å²) in [7, 11) is 0. The van der Waals surface area contributed by atoms with Gasteiger partial charge in [-0.2, -0.15) is 0 Å². The summed E-state index contributed by atoms with van der Waals surface area (Å²) in [4.78, 5) is 4.31. The van der Waals surface area contributed by atoms with Crippen molar-refractivity contribution in [2.75, 3.05) is 6.54 Å². The number of fused-ring (bicyclic) bond motifs is 1. The van der Waals surface area contributed by atoms with E-state index in [1.165, 1.54) is 0 Å². The first-order valence-corrected chi connectivity index (χ1v) is 4.18. The Hall–Kier alpha value is -1.09. The molecule has 64 valence electrons. The quantitative estimate of drug-likeness (QED) is 0.548. The van der Waals surface area contributed by atoms with E-state index in [0.717, 1.165) is 24.4 Å². The maximum Gasteiger partial charge on any atom is 0.0649 e. The number of hydrogen-bond donors (Lipinski definition) is 2. The van der Waals surface area contributed by atoms with Gasteiger partial charge in [-0.1, -0.05) is 0 Å². The molecule has 1 atom stereocenters. The van der Waals surface area contributed by atoms with Crippen molar-refractivity contribution in [1.82, 2.24) is 5.32 Å². The van der Waals surface area contributed by atoms with Gasteiger partial charge in [0.15, 0.2) is 0 Å². The largest absolute Gasteiger partial charge is 0.383 e. The molecule has 2 aliphatic heterocycles. The van der Waals surface area contributed by atoms with E-state index in [1.807, 2.05) is 19.1 Å². The molecular formula is C9H13N3. The lowest BCUT2D eigenvalue weighted by atomic mass is 10.0. The lowest BCUT2D eigenvalue weighted by Crippen LogP contribution is -2.32. The van der Waals surface area contributed by atoms with E-state index in [0.29, 0.717) is 0 Å². The summed E-state index contributed by atoms with van der Waals surface area (Å²) in [6, 6.07) is 0. The van der Waals surface area contributed by atoms with Crippen LogP contribution in [0.2, 0.25) is 0 Å². The van der Waals surface area contributed by atoms with Gasteiger partial charge in [0, 0.05) is 19.2 Å². The molecule has 2 aliphatic rings. The van der Waals surface area contributed by atoms with Gasteiger partial charge in [0.25, 0.3) is 0 Å². The number of nitrogens with one attached hydrogen (secondary N) is 1. The Labute approximate surface area is 72.1 Å². The zero-order valence-corrected chi connectivity index (χ0v) is 7.17. The van der Waals surface area contributed by atoms with Crippen molar-refractivity contribution in [3.8, 4) is 0 Å². The van der Waals surface area contributed by atoms with Crippen molar-refractivity contribution in [1.29, 1.82) is 0 Å². The van der Waals surface area contributed by atoms with Crippen molar-refractivity contribution < 1.29 is 0 Å². The summed E-state index contributed by atoms with van der Waals surface area (Å²) in [5.41, 5.74) is 7.82. The molecule has 0 aromatic rings. The molecule has 3 heteroatoms. The molecule has 2 rings (SSSR count). The molecule has 0 saturated carbocycles. The van der Waals surface area contributed by atoms with Crippen LogP contribution in [0.25, 0.3) is 0 Å². The first-order valence-electron chi connectivity index (χ1n) is 4.18. The second-order valence-electron chi connectivity index (χ2n) is 3.49. The Kier molecular flexibility index (Phi) is 1.54. The van der Waals surface area contributed by atoms with Crippen LogP contribution in [-0.2, 0) is 0 Å². The van der Waals surface area contributed by atoms with Crippen LogP contribution in [0.4, 0.5) is 0 Å². The van der Waals surface area contributed by atoms with Crippen molar-refractivity contribution >= 4 is 5.71 Å². The topological polar surface area (TPSA) is 50.4 Å². The smallest absolute Gasteiger partial charge is 0.0649 e. The number of rotatable bonds is 0. The van der Waals surface area contributed by atoms with E-state index < -0.39 is 0 Å². The molecule has 0 spiro atoms. The Bertz CT molecular complexity index is 284. The van der Waals surface area contributed by atoms with Gasteiger partial charge in [0.2, 0.25) is 0 Å². The van der Waals surface area contributed by atoms with E-state index in [1.54, 1.807) is 6.20 Å². The normalized spacial score (nSPS) is 33.2. The van der Waals surface area contributed by atoms with E-state index in [9.17, 15) is 0 Å². The summed E-state index contributed by atoms with van der Waals surface area (Å²) in [6.07, 6.45) is 6.74. The molecule has 2 heterocycles. The minimum Gasteiger partial charge on any atom is -0.383 e. The molecule has 0 radical (unpaired) electrons. The zero-order valence-electron chi connectivity index (χ0n) is 7.17. The Morgan fingerprint density at radius 2 is 2.50 bits per heavy atom. The van der Waals surface area contributed by atoms with Crippen LogP contribution in [0.15, 0.2) is 29.0 Å². The standard InChI is InChI=1S/C9H13N3/c1-9(10)3-5-12-7-2-4-11-8(7)6-9/h3,5-6,11H,2,4,10H2,1H3. The summed E-state index contributed by atoms with van der Waals surface area (Å²) in [5, 5.41) is 3.26. The van der Waals surface area contributed by atoms with Crippen LogP contribution in [-0.4, -0.2) is 17.8 Å². The Morgan fingerprint density at radius 1 is 1.67 bits per heavy atom. The molecule has 3 nitrogen and oxygen atoms in total. The minimum atomic E-state index is -0.363. The van der Waals surface area contributed by atoms with Gasteiger partial charge >= 0.3 is 0 Å². The highest BCUT2D eigenvalue weighted by Gasteiger charge is 2.21. The number of nitrogens with zero attached hydrogens (tertiary/aromatic N) is 1. The van der Waals surface area contributed by atoms with E-state index in [2.05, 4.69) is 10.3 Å². The maximum atomic E-state index is 5.96. The average molecular weight is 163 g/mol. The molecular weight excluding hydrogens is 150 g/mol. The fourth-order valence-electron chi connectivity index (χ4n) is 1.47. The van der Waals surface area contributed by atoms with Crippen molar-refractivity contribution in [3.63, 3.8) is 0 Å². The molecule has 12 heavy (non-hydrogen) atoms. The molecule has 0 amide bonds. The van der Waals surface area contributed by atoms with Gasteiger partial charge in [-0.05, 0) is 19.1 Å². The number of aliphatic imine (C=N–C) groups is 1. The van der Waals surface area contributed by atoms with Crippen molar-refractivity contribution in [3.05, 3.63) is 24.0 Å². The maximum absolute atomic E-state index is 5.96. The van der Waals surface area contributed by atoms with Gasteiger partial charge in [-0.15, -0.1) is 0 Å². The SMILES string of the molecule is CC1(N)C=CN=C2CCNC2=C1. The monoisotopic (exact) mass is 163 g/mol. The lowest BCUT2D eigenvalue weighted by molar-refractivity contribution is 0.724. The third-order valence-electron chi connectivity index (χ3n) is 2.11. The number of nitrogens with two attached hydrogens (primary N) is 1. The molecule has 1 saturated heterocycles. The molecule has 0 bridgehead atoms. The first kappa shape index (κ1) is 7.55. The predicted molar refractivity (Wildman–Crippen MR) is 49.9 cm³/mol. The molecule has 3 N–H and O–H groups in total. The van der Waals surface area contributed by atoms with Crippen LogP contribution in [0.1, 0.15) is 13.3 Å². The molecule has 1 unspecified atom stereocenters. The first-order chi connectivity index (χ1) is 5.67.